The molecule has 0 unspecified atom stereocenters. The summed E-state index contributed by atoms with van der Waals surface area (Å²) in [7, 11) is -0.256. The first-order valence-corrected chi connectivity index (χ1v) is 7.49. The summed E-state index contributed by atoms with van der Waals surface area (Å²) >= 11 is 0. The van der Waals surface area contributed by atoms with Crippen LogP contribution in [0.1, 0.15) is 44.4 Å². The second-order valence-corrected chi connectivity index (χ2v) is 7.01. The summed E-state index contributed by atoms with van der Waals surface area (Å²) in [4.78, 5) is 0. The third-order valence-electron chi connectivity index (χ3n) is 4.90. The quantitative estimate of drug-likeness (QED) is 0.793. The lowest BCUT2D eigenvalue weighted by Gasteiger charge is -2.32. The van der Waals surface area contributed by atoms with Gasteiger partial charge in [0, 0.05) is 6.54 Å². The molecule has 0 spiro atoms. The van der Waals surface area contributed by atoms with E-state index < -0.39 is 0 Å². The van der Waals surface area contributed by atoms with Gasteiger partial charge in [-0.25, -0.2) is 0 Å². The van der Waals surface area contributed by atoms with Crippen LogP contribution in [-0.2, 0) is 22.3 Å². The van der Waals surface area contributed by atoms with Gasteiger partial charge in [-0.05, 0) is 64.2 Å². The fraction of sp³-hybridized carbons (Fsp3) is 0.625. The molecule has 1 N–H and O–H groups in total. The second kappa shape index (κ2) is 4.59. The van der Waals surface area contributed by atoms with Crippen molar-refractivity contribution in [2.75, 3.05) is 6.54 Å². The number of hydrogen-bond donors (Lipinski definition) is 1. The molecule has 2 aliphatic heterocycles. The van der Waals surface area contributed by atoms with E-state index in [4.69, 9.17) is 9.31 Å². The van der Waals surface area contributed by atoms with Crippen LogP contribution < -0.4 is 10.8 Å². The van der Waals surface area contributed by atoms with Crippen molar-refractivity contribution >= 4 is 12.6 Å². The van der Waals surface area contributed by atoms with Crippen LogP contribution in [0.25, 0.3) is 0 Å². The Labute approximate surface area is 122 Å². The maximum atomic E-state index is 6.22. The van der Waals surface area contributed by atoms with E-state index in [1.54, 1.807) is 0 Å². The minimum absolute atomic E-state index is 0.256. The highest BCUT2D eigenvalue weighted by Crippen LogP contribution is 2.37. The number of hydrogen-bond acceptors (Lipinski definition) is 3. The Morgan fingerprint density at radius 3 is 2.40 bits per heavy atom. The predicted octanol–water partition coefficient (Wildman–Crippen LogP) is 1.94. The van der Waals surface area contributed by atoms with E-state index in [-0.39, 0.29) is 18.3 Å². The number of aryl methyl sites for hydroxylation is 1. The highest BCUT2D eigenvalue weighted by atomic mass is 16.7. The van der Waals surface area contributed by atoms with Crippen LogP contribution in [0, 0.1) is 6.92 Å². The number of fused-ring (bicyclic) bond motifs is 1. The average Bonchev–Trinajstić information content (AvgIpc) is 2.57. The van der Waals surface area contributed by atoms with Gasteiger partial charge in [0.15, 0.2) is 0 Å². The Bertz CT molecular complexity index is 524. The zero-order valence-corrected chi connectivity index (χ0v) is 13.2. The van der Waals surface area contributed by atoms with Gasteiger partial charge in [0.1, 0.15) is 0 Å². The van der Waals surface area contributed by atoms with Crippen molar-refractivity contribution < 1.29 is 9.31 Å². The van der Waals surface area contributed by atoms with E-state index in [2.05, 4.69) is 52.1 Å². The molecule has 108 valence electrons. The fourth-order valence-electron chi connectivity index (χ4n) is 2.98. The molecule has 3 nitrogen and oxygen atoms in total. The van der Waals surface area contributed by atoms with Crippen LogP contribution >= 0.6 is 0 Å². The van der Waals surface area contributed by atoms with Crippen molar-refractivity contribution in [1.29, 1.82) is 0 Å². The second-order valence-electron chi connectivity index (χ2n) is 7.01. The number of nitrogens with one attached hydrogen (secondary N) is 1. The summed E-state index contributed by atoms with van der Waals surface area (Å²) in [6.07, 6.45) is 1.09. The van der Waals surface area contributed by atoms with Gasteiger partial charge in [-0.15, -0.1) is 0 Å². The molecule has 1 aromatic carbocycles. The van der Waals surface area contributed by atoms with Gasteiger partial charge in [-0.1, -0.05) is 17.7 Å². The smallest absolute Gasteiger partial charge is 0.399 e. The van der Waals surface area contributed by atoms with Crippen molar-refractivity contribution in [1.82, 2.24) is 5.32 Å². The molecule has 1 aromatic rings. The Balaban J connectivity index is 2.01. The van der Waals surface area contributed by atoms with Gasteiger partial charge in [-0.2, -0.15) is 0 Å². The summed E-state index contributed by atoms with van der Waals surface area (Å²) in [5.74, 6) is 0. The molecule has 0 radical (unpaired) electrons. The summed E-state index contributed by atoms with van der Waals surface area (Å²) in [5.41, 5.74) is 4.72. The van der Waals surface area contributed by atoms with Crippen LogP contribution in [0.15, 0.2) is 12.1 Å². The topological polar surface area (TPSA) is 30.5 Å². The SMILES string of the molecule is Cc1cc2c(c(B3OC(C)(C)C(C)(C)O3)c1)CNCC2. The predicted molar refractivity (Wildman–Crippen MR) is 82.3 cm³/mol. The molecule has 0 saturated carbocycles. The largest absolute Gasteiger partial charge is 0.495 e. The maximum Gasteiger partial charge on any atom is 0.495 e. The first-order valence-electron chi connectivity index (χ1n) is 7.49. The Morgan fingerprint density at radius 2 is 1.75 bits per heavy atom. The van der Waals surface area contributed by atoms with E-state index in [0.717, 1.165) is 19.5 Å². The van der Waals surface area contributed by atoms with Crippen LogP contribution in [-0.4, -0.2) is 24.9 Å². The Morgan fingerprint density at radius 1 is 1.10 bits per heavy atom. The molecule has 0 bridgehead atoms. The standard InChI is InChI=1S/C16H24BNO2/c1-11-8-12-6-7-18-10-13(12)14(9-11)17-19-15(2,3)16(4,5)20-17/h8-9,18H,6-7,10H2,1-5H3. The van der Waals surface area contributed by atoms with Crippen LogP contribution in [0.5, 0.6) is 0 Å². The van der Waals surface area contributed by atoms with Crippen LogP contribution in [0.2, 0.25) is 0 Å². The first kappa shape index (κ1) is 14.1. The molecular formula is C16H24BNO2. The van der Waals surface area contributed by atoms with Gasteiger partial charge >= 0.3 is 7.12 Å². The van der Waals surface area contributed by atoms with Gasteiger partial charge < -0.3 is 14.6 Å². The Hall–Kier alpha value is -0.835. The molecule has 0 atom stereocenters. The zero-order valence-electron chi connectivity index (χ0n) is 13.2. The fourth-order valence-corrected chi connectivity index (χ4v) is 2.98. The lowest BCUT2D eigenvalue weighted by atomic mass is 9.73. The van der Waals surface area contributed by atoms with Crippen molar-refractivity contribution in [3.05, 3.63) is 28.8 Å². The molecule has 2 aliphatic rings. The first-order chi connectivity index (χ1) is 9.30. The highest BCUT2D eigenvalue weighted by molar-refractivity contribution is 6.62. The minimum Gasteiger partial charge on any atom is -0.399 e. The molecule has 20 heavy (non-hydrogen) atoms. The Kier molecular flexibility index (Phi) is 3.24. The van der Waals surface area contributed by atoms with E-state index in [1.807, 2.05) is 0 Å². The molecular weight excluding hydrogens is 249 g/mol. The van der Waals surface area contributed by atoms with Crippen LogP contribution in [0.3, 0.4) is 0 Å². The third-order valence-corrected chi connectivity index (χ3v) is 4.90. The van der Waals surface area contributed by atoms with Crippen molar-refractivity contribution in [3.63, 3.8) is 0 Å². The monoisotopic (exact) mass is 273 g/mol. The summed E-state index contributed by atoms with van der Waals surface area (Å²) in [5, 5.41) is 3.45. The van der Waals surface area contributed by atoms with Crippen LogP contribution in [0.4, 0.5) is 0 Å². The molecule has 3 rings (SSSR count). The lowest BCUT2D eigenvalue weighted by Crippen LogP contribution is -2.41. The zero-order chi connectivity index (χ0) is 14.5. The highest BCUT2D eigenvalue weighted by Gasteiger charge is 2.52. The molecule has 0 amide bonds. The lowest BCUT2D eigenvalue weighted by molar-refractivity contribution is 0.00578. The molecule has 4 heteroatoms. The van der Waals surface area contributed by atoms with Crippen molar-refractivity contribution in [3.8, 4) is 0 Å². The van der Waals surface area contributed by atoms with Crippen molar-refractivity contribution in [2.24, 2.45) is 0 Å². The third kappa shape index (κ3) is 2.20. The normalized spacial score (nSPS) is 23.8. The number of benzene rings is 1. The van der Waals surface area contributed by atoms with E-state index in [1.165, 1.54) is 22.2 Å². The maximum absolute atomic E-state index is 6.22. The number of rotatable bonds is 1. The van der Waals surface area contributed by atoms with E-state index in [9.17, 15) is 0 Å². The summed E-state index contributed by atoms with van der Waals surface area (Å²) in [6, 6.07) is 4.51. The molecule has 0 aromatic heterocycles. The minimum atomic E-state index is -0.281. The van der Waals surface area contributed by atoms with Gasteiger partial charge in [-0.3, -0.25) is 0 Å². The van der Waals surface area contributed by atoms with Crippen molar-refractivity contribution in [2.45, 2.75) is 58.8 Å². The molecule has 0 aliphatic carbocycles. The average molecular weight is 273 g/mol. The molecule has 2 heterocycles. The summed E-state index contributed by atoms with van der Waals surface area (Å²) in [6.45, 7) is 12.5. The van der Waals surface area contributed by atoms with Gasteiger partial charge in [0.05, 0.1) is 11.2 Å². The van der Waals surface area contributed by atoms with Gasteiger partial charge in [0.2, 0.25) is 0 Å². The van der Waals surface area contributed by atoms with E-state index >= 15 is 0 Å². The van der Waals surface area contributed by atoms with Gasteiger partial charge in [0.25, 0.3) is 0 Å². The summed E-state index contributed by atoms with van der Waals surface area (Å²) < 4.78 is 12.4. The molecule has 1 fully saturated rings. The molecule has 1 saturated heterocycles. The van der Waals surface area contributed by atoms with E-state index in [0.29, 0.717) is 0 Å².